The van der Waals surface area contributed by atoms with E-state index < -0.39 is 0 Å². The van der Waals surface area contributed by atoms with Crippen molar-refractivity contribution in [2.75, 3.05) is 5.32 Å². The summed E-state index contributed by atoms with van der Waals surface area (Å²) in [4.78, 5) is 15.8. The Bertz CT molecular complexity index is 361. The molecule has 0 spiro atoms. The summed E-state index contributed by atoms with van der Waals surface area (Å²) in [5.74, 6) is -0.181. The number of carbonyl (C=O) groups excluding carboxylic acids is 1. The molecule has 0 saturated heterocycles. The van der Waals surface area contributed by atoms with Crippen molar-refractivity contribution in [2.24, 2.45) is 11.7 Å². The van der Waals surface area contributed by atoms with Gasteiger partial charge in [0, 0.05) is 6.04 Å². The van der Waals surface area contributed by atoms with Gasteiger partial charge in [0.1, 0.15) is 6.26 Å². The molecule has 5 nitrogen and oxygen atoms in total. The van der Waals surface area contributed by atoms with Gasteiger partial charge in [0.15, 0.2) is 0 Å². The van der Waals surface area contributed by atoms with E-state index in [9.17, 15) is 4.79 Å². The van der Waals surface area contributed by atoms with Crippen LogP contribution >= 0.6 is 0 Å². The Kier molecular flexibility index (Phi) is 2.73. The van der Waals surface area contributed by atoms with Gasteiger partial charge in [-0.3, -0.25) is 10.1 Å². The van der Waals surface area contributed by atoms with Gasteiger partial charge in [0.2, 0.25) is 5.91 Å². The van der Waals surface area contributed by atoms with Crippen LogP contribution in [0.4, 0.5) is 6.01 Å². The van der Waals surface area contributed by atoms with Crippen molar-refractivity contribution in [3.8, 4) is 0 Å². The summed E-state index contributed by atoms with van der Waals surface area (Å²) in [6, 6.07) is 0.234. The summed E-state index contributed by atoms with van der Waals surface area (Å²) < 4.78 is 5.05. The van der Waals surface area contributed by atoms with Crippen molar-refractivity contribution in [1.29, 1.82) is 0 Å². The SMILES string of the molecule is Cc1coc(NC(=O)C2CCCC2N)n1. The lowest BCUT2D eigenvalue weighted by Crippen LogP contribution is -2.34. The van der Waals surface area contributed by atoms with Crippen molar-refractivity contribution >= 4 is 11.9 Å². The molecule has 0 aromatic carbocycles. The number of carbonyl (C=O) groups is 1. The lowest BCUT2D eigenvalue weighted by Gasteiger charge is -2.12. The molecule has 2 atom stereocenters. The fraction of sp³-hybridized carbons (Fsp3) is 0.600. The highest BCUT2D eigenvalue weighted by molar-refractivity contribution is 5.91. The maximum Gasteiger partial charge on any atom is 0.301 e. The summed E-state index contributed by atoms with van der Waals surface area (Å²) in [7, 11) is 0. The van der Waals surface area contributed by atoms with Crippen molar-refractivity contribution in [3.05, 3.63) is 12.0 Å². The summed E-state index contributed by atoms with van der Waals surface area (Å²) >= 11 is 0. The van der Waals surface area contributed by atoms with Gasteiger partial charge in [0.05, 0.1) is 11.6 Å². The Labute approximate surface area is 88.0 Å². The molecule has 1 aliphatic rings. The minimum atomic E-state index is -0.0998. The molecule has 1 saturated carbocycles. The molecule has 5 heteroatoms. The highest BCUT2D eigenvalue weighted by Gasteiger charge is 2.30. The van der Waals surface area contributed by atoms with Crippen LogP contribution in [0, 0.1) is 12.8 Å². The monoisotopic (exact) mass is 209 g/mol. The second kappa shape index (κ2) is 4.02. The molecule has 82 valence electrons. The van der Waals surface area contributed by atoms with E-state index in [0.29, 0.717) is 0 Å². The highest BCUT2D eigenvalue weighted by atomic mass is 16.4. The Morgan fingerprint density at radius 1 is 1.67 bits per heavy atom. The van der Waals surface area contributed by atoms with E-state index in [1.54, 1.807) is 6.92 Å². The number of nitrogens with one attached hydrogen (secondary N) is 1. The maximum absolute atomic E-state index is 11.7. The largest absolute Gasteiger partial charge is 0.432 e. The van der Waals surface area contributed by atoms with Gasteiger partial charge in [-0.15, -0.1) is 0 Å². The summed E-state index contributed by atoms with van der Waals surface area (Å²) in [6.07, 6.45) is 4.30. The average Bonchev–Trinajstić information content (AvgIpc) is 2.75. The van der Waals surface area contributed by atoms with Crippen LogP contribution in [-0.4, -0.2) is 16.9 Å². The lowest BCUT2D eigenvalue weighted by molar-refractivity contribution is -0.120. The van der Waals surface area contributed by atoms with Crippen LogP contribution < -0.4 is 11.1 Å². The molecule has 1 amide bonds. The third-order valence-corrected chi connectivity index (χ3v) is 2.76. The van der Waals surface area contributed by atoms with E-state index >= 15 is 0 Å². The fourth-order valence-corrected chi connectivity index (χ4v) is 1.92. The number of hydrogen-bond acceptors (Lipinski definition) is 4. The molecule has 1 heterocycles. The summed E-state index contributed by atoms with van der Waals surface area (Å²) in [5.41, 5.74) is 6.58. The first-order valence-corrected chi connectivity index (χ1v) is 5.15. The van der Waals surface area contributed by atoms with E-state index in [0.717, 1.165) is 25.0 Å². The Balaban J connectivity index is 1.97. The molecule has 2 unspecified atom stereocenters. The molecular formula is C10H15N3O2. The van der Waals surface area contributed by atoms with Crippen molar-refractivity contribution < 1.29 is 9.21 Å². The van der Waals surface area contributed by atoms with Crippen molar-refractivity contribution in [1.82, 2.24) is 4.98 Å². The van der Waals surface area contributed by atoms with E-state index in [1.807, 2.05) is 0 Å². The zero-order chi connectivity index (χ0) is 10.8. The second-order valence-electron chi connectivity index (χ2n) is 3.98. The van der Waals surface area contributed by atoms with Crippen molar-refractivity contribution in [2.45, 2.75) is 32.2 Å². The van der Waals surface area contributed by atoms with Crippen LogP contribution in [0.25, 0.3) is 0 Å². The standard InChI is InChI=1S/C10H15N3O2/c1-6-5-15-10(12-6)13-9(14)7-3-2-4-8(7)11/h5,7-8H,2-4,11H2,1H3,(H,12,13,14). The second-order valence-corrected chi connectivity index (χ2v) is 3.98. The molecule has 3 N–H and O–H groups in total. The topological polar surface area (TPSA) is 81.2 Å². The first kappa shape index (κ1) is 10.2. The Hall–Kier alpha value is -1.36. The summed E-state index contributed by atoms with van der Waals surface area (Å²) in [5, 5.41) is 2.64. The number of rotatable bonds is 2. The smallest absolute Gasteiger partial charge is 0.301 e. The summed E-state index contributed by atoms with van der Waals surface area (Å²) in [6.45, 7) is 1.81. The Morgan fingerprint density at radius 2 is 2.47 bits per heavy atom. The van der Waals surface area contributed by atoms with Gasteiger partial charge in [0.25, 0.3) is 0 Å². The van der Waals surface area contributed by atoms with Crippen LogP contribution in [0.5, 0.6) is 0 Å². The predicted molar refractivity (Wildman–Crippen MR) is 55.2 cm³/mol. The van der Waals surface area contributed by atoms with E-state index in [2.05, 4.69) is 10.3 Å². The molecule has 0 aliphatic heterocycles. The molecule has 1 aliphatic carbocycles. The number of amides is 1. The van der Waals surface area contributed by atoms with Crippen LogP contribution in [0.3, 0.4) is 0 Å². The molecule has 1 aromatic heterocycles. The molecular weight excluding hydrogens is 194 g/mol. The van der Waals surface area contributed by atoms with Gasteiger partial charge < -0.3 is 10.2 Å². The van der Waals surface area contributed by atoms with Crippen LogP contribution in [-0.2, 0) is 4.79 Å². The van der Waals surface area contributed by atoms with E-state index in [4.69, 9.17) is 10.2 Å². The number of aryl methyl sites for hydroxylation is 1. The van der Waals surface area contributed by atoms with Gasteiger partial charge in [-0.1, -0.05) is 6.42 Å². The van der Waals surface area contributed by atoms with E-state index in [1.165, 1.54) is 6.26 Å². The zero-order valence-electron chi connectivity index (χ0n) is 8.69. The highest BCUT2D eigenvalue weighted by Crippen LogP contribution is 2.25. The van der Waals surface area contributed by atoms with Gasteiger partial charge in [-0.05, 0) is 19.8 Å². The lowest BCUT2D eigenvalue weighted by atomic mass is 10.0. The first-order chi connectivity index (χ1) is 7.16. The third-order valence-electron chi connectivity index (χ3n) is 2.76. The fourth-order valence-electron chi connectivity index (χ4n) is 1.92. The number of hydrogen-bond donors (Lipinski definition) is 2. The maximum atomic E-state index is 11.7. The number of anilines is 1. The van der Waals surface area contributed by atoms with Crippen LogP contribution in [0.15, 0.2) is 10.7 Å². The van der Waals surface area contributed by atoms with Gasteiger partial charge >= 0.3 is 6.01 Å². The molecule has 15 heavy (non-hydrogen) atoms. The van der Waals surface area contributed by atoms with Gasteiger partial charge in [-0.25, -0.2) is 0 Å². The number of nitrogens with two attached hydrogens (primary N) is 1. The Morgan fingerprint density at radius 3 is 3.00 bits per heavy atom. The van der Waals surface area contributed by atoms with Crippen LogP contribution in [0.1, 0.15) is 25.0 Å². The quantitative estimate of drug-likeness (QED) is 0.762. The third kappa shape index (κ3) is 2.18. The molecule has 0 bridgehead atoms. The minimum absolute atomic E-state index is 0.0268. The first-order valence-electron chi connectivity index (χ1n) is 5.15. The van der Waals surface area contributed by atoms with Crippen LogP contribution in [0.2, 0.25) is 0 Å². The minimum Gasteiger partial charge on any atom is -0.432 e. The predicted octanol–water partition coefficient (Wildman–Crippen LogP) is 1.05. The van der Waals surface area contributed by atoms with Gasteiger partial charge in [-0.2, -0.15) is 4.98 Å². The van der Waals surface area contributed by atoms with Crippen molar-refractivity contribution in [3.63, 3.8) is 0 Å². The molecule has 1 aromatic rings. The zero-order valence-corrected chi connectivity index (χ0v) is 8.69. The normalized spacial score (nSPS) is 25.5. The average molecular weight is 209 g/mol. The van der Waals surface area contributed by atoms with E-state index in [-0.39, 0.29) is 23.9 Å². The molecule has 0 radical (unpaired) electrons. The molecule has 2 rings (SSSR count). The number of aromatic nitrogens is 1. The molecule has 1 fully saturated rings. The number of nitrogens with zero attached hydrogens (tertiary/aromatic N) is 1. The number of oxazole rings is 1.